The van der Waals surface area contributed by atoms with Gasteiger partial charge in [0.1, 0.15) is 5.75 Å². The van der Waals surface area contributed by atoms with Gasteiger partial charge in [0.15, 0.2) is 0 Å². The van der Waals surface area contributed by atoms with Crippen LogP contribution >= 0.6 is 0 Å². The fourth-order valence-electron chi connectivity index (χ4n) is 3.44. The van der Waals surface area contributed by atoms with Crippen LogP contribution < -0.4 is 10.1 Å². The first-order chi connectivity index (χ1) is 12.6. The Morgan fingerprint density at radius 2 is 1.85 bits per heavy atom. The van der Waals surface area contributed by atoms with Crippen molar-refractivity contribution in [2.45, 2.75) is 13.0 Å². The maximum Gasteiger partial charge on any atom is 0.337 e. The lowest BCUT2D eigenvalue weighted by molar-refractivity contribution is -0.136. The molecule has 4 rings (SSSR count). The molecule has 0 spiro atoms. The molecule has 1 aromatic heterocycles. The van der Waals surface area contributed by atoms with Crippen LogP contribution in [0.2, 0.25) is 0 Å². The van der Waals surface area contributed by atoms with Crippen LogP contribution in [0.3, 0.4) is 0 Å². The number of carbonyl (C=O) groups excluding carboxylic acids is 1. The summed E-state index contributed by atoms with van der Waals surface area (Å²) in [5.74, 6) is 1.11. The van der Waals surface area contributed by atoms with Crippen LogP contribution in [0.5, 0.6) is 5.75 Å². The third kappa shape index (κ3) is 2.42. The van der Waals surface area contributed by atoms with Crippen LogP contribution in [0.4, 0.5) is 5.95 Å². The van der Waals surface area contributed by atoms with Gasteiger partial charge in [0.05, 0.1) is 36.9 Å². The van der Waals surface area contributed by atoms with Gasteiger partial charge in [-0.3, -0.25) is 4.57 Å². The van der Waals surface area contributed by atoms with E-state index in [1.807, 2.05) is 60.0 Å². The molecule has 0 unspecified atom stereocenters. The van der Waals surface area contributed by atoms with E-state index in [0.29, 0.717) is 11.5 Å². The molecular weight excluding hydrogens is 330 g/mol. The maximum atomic E-state index is 12.6. The molecule has 2 aromatic carbocycles. The molecule has 132 valence electrons. The highest BCUT2D eigenvalue weighted by Gasteiger charge is 2.34. The average Bonchev–Trinajstić information content (AvgIpc) is 3.04. The molecule has 0 bridgehead atoms. The Morgan fingerprint density at radius 1 is 1.12 bits per heavy atom. The molecule has 26 heavy (non-hydrogen) atoms. The van der Waals surface area contributed by atoms with Crippen molar-refractivity contribution in [3.05, 3.63) is 65.4 Å². The predicted molar refractivity (Wildman–Crippen MR) is 99.2 cm³/mol. The van der Waals surface area contributed by atoms with Gasteiger partial charge in [-0.2, -0.15) is 0 Å². The number of para-hydroxylation sites is 2. The summed E-state index contributed by atoms with van der Waals surface area (Å²) in [6, 6.07) is 15.2. The van der Waals surface area contributed by atoms with Crippen LogP contribution in [-0.2, 0) is 9.53 Å². The smallest absolute Gasteiger partial charge is 0.337 e. The number of aromatic nitrogens is 2. The Kier molecular flexibility index (Phi) is 3.88. The molecular formula is C20H19N3O3. The van der Waals surface area contributed by atoms with Crippen LogP contribution in [0.1, 0.15) is 18.5 Å². The minimum Gasteiger partial charge on any atom is -0.497 e. The van der Waals surface area contributed by atoms with E-state index in [4.69, 9.17) is 9.47 Å². The highest BCUT2D eigenvalue weighted by atomic mass is 16.5. The molecule has 1 aliphatic heterocycles. The highest BCUT2D eigenvalue weighted by Crippen LogP contribution is 2.39. The minimum atomic E-state index is -0.362. The number of methoxy groups -OCH3 is 2. The third-order valence-corrected chi connectivity index (χ3v) is 4.67. The van der Waals surface area contributed by atoms with Crippen molar-refractivity contribution >= 4 is 23.0 Å². The van der Waals surface area contributed by atoms with Gasteiger partial charge in [-0.1, -0.05) is 24.3 Å². The second-order valence-electron chi connectivity index (χ2n) is 6.13. The molecule has 1 N–H and O–H groups in total. The number of nitrogens with zero attached hydrogens (tertiary/aromatic N) is 2. The van der Waals surface area contributed by atoms with Crippen LogP contribution in [0, 0.1) is 0 Å². The van der Waals surface area contributed by atoms with Crippen LogP contribution in [-0.4, -0.2) is 29.7 Å². The van der Waals surface area contributed by atoms with Crippen molar-refractivity contribution < 1.29 is 14.3 Å². The maximum absolute atomic E-state index is 12.6. The number of carbonyl (C=O) groups is 1. The molecule has 0 saturated heterocycles. The summed E-state index contributed by atoms with van der Waals surface area (Å²) in [6.07, 6.45) is 0. The number of hydrogen-bond donors (Lipinski definition) is 1. The first-order valence-electron chi connectivity index (χ1n) is 8.31. The largest absolute Gasteiger partial charge is 0.497 e. The first-order valence-corrected chi connectivity index (χ1v) is 8.31. The van der Waals surface area contributed by atoms with Crippen molar-refractivity contribution in [3.63, 3.8) is 0 Å². The Bertz CT molecular complexity index is 1020. The topological polar surface area (TPSA) is 65.4 Å². The summed E-state index contributed by atoms with van der Waals surface area (Å²) in [5.41, 5.74) is 4.07. The van der Waals surface area contributed by atoms with Crippen molar-refractivity contribution in [2.24, 2.45) is 0 Å². The summed E-state index contributed by atoms with van der Waals surface area (Å²) in [6.45, 7) is 1.87. The fraction of sp³-hybridized carbons (Fsp3) is 0.200. The standard InChI is InChI=1S/C20H19N3O3/c1-12-17(19(24)26-3)18(13-8-10-14(25-2)11-9-13)23-16-7-5-4-6-15(16)22-20(23)21-12/h4-11,18H,1-3H3,(H,21,22)/t18-/m0/s1. The number of esters is 1. The molecule has 3 aromatic rings. The first kappa shape index (κ1) is 16.2. The summed E-state index contributed by atoms with van der Waals surface area (Å²) in [5, 5.41) is 3.24. The van der Waals surface area contributed by atoms with E-state index in [1.165, 1.54) is 7.11 Å². The summed E-state index contributed by atoms with van der Waals surface area (Å²) >= 11 is 0. The number of rotatable bonds is 3. The zero-order chi connectivity index (χ0) is 18.3. The number of ether oxygens (including phenoxy) is 2. The lowest BCUT2D eigenvalue weighted by Gasteiger charge is -2.30. The number of hydrogen-bond acceptors (Lipinski definition) is 5. The molecule has 0 radical (unpaired) electrons. The highest BCUT2D eigenvalue weighted by molar-refractivity contribution is 5.94. The van der Waals surface area contributed by atoms with Crippen molar-refractivity contribution in [1.29, 1.82) is 0 Å². The van der Waals surface area contributed by atoms with Crippen molar-refractivity contribution in [3.8, 4) is 5.75 Å². The number of imidazole rings is 1. The molecule has 0 aliphatic carbocycles. The SMILES string of the molecule is COC(=O)C1=C(C)Nc2nc3ccccc3n2[C@H]1c1ccc(OC)cc1. The molecule has 2 heterocycles. The van der Waals surface area contributed by atoms with E-state index < -0.39 is 0 Å². The summed E-state index contributed by atoms with van der Waals surface area (Å²) in [4.78, 5) is 17.2. The number of allylic oxidation sites excluding steroid dienone is 1. The van der Waals surface area contributed by atoms with Crippen molar-refractivity contribution in [2.75, 3.05) is 19.5 Å². The fourth-order valence-corrected chi connectivity index (χ4v) is 3.44. The quantitative estimate of drug-likeness (QED) is 0.733. The summed E-state index contributed by atoms with van der Waals surface area (Å²) in [7, 11) is 3.03. The predicted octanol–water partition coefficient (Wildman–Crippen LogP) is 3.51. The van der Waals surface area contributed by atoms with Crippen molar-refractivity contribution in [1.82, 2.24) is 9.55 Å². The van der Waals surface area contributed by atoms with E-state index in [-0.39, 0.29) is 12.0 Å². The van der Waals surface area contributed by atoms with Gasteiger partial charge in [-0.25, -0.2) is 9.78 Å². The van der Waals surface area contributed by atoms with Gasteiger partial charge in [-0.15, -0.1) is 0 Å². The van der Waals surface area contributed by atoms with Gasteiger partial charge < -0.3 is 14.8 Å². The van der Waals surface area contributed by atoms with Crippen LogP contribution in [0.15, 0.2) is 59.8 Å². The van der Waals surface area contributed by atoms with Gasteiger partial charge in [0.25, 0.3) is 0 Å². The zero-order valence-corrected chi connectivity index (χ0v) is 14.8. The van der Waals surface area contributed by atoms with E-state index in [0.717, 1.165) is 28.0 Å². The molecule has 0 fully saturated rings. The van der Waals surface area contributed by atoms with Crippen LogP contribution in [0.25, 0.3) is 11.0 Å². The Labute approximate surface area is 151 Å². The molecule has 6 heteroatoms. The Morgan fingerprint density at radius 3 is 2.54 bits per heavy atom. The second kappa shape index (κ2) is 6.22. The van der Waals surface area contributed by atoms with E-state index >= 15 is 0 Å². The molecule has 0 amide bonds. The lowest BCUT2D eigenvalue weighted by atomic mass is 9.95. The molecule has 1 aliphatic rings. The second-order valence-corrected chi connectivity index (χ2v) is 6.13. The lowest BCUT2D eigenvalue weighted by Crippen LogP contribution is -2.28. The van der Waals surface area contributed by atoms with E-state index in [2.05, 4.69) is 10.3 Å². The number of anilines is 1. The molecule has 1 atom stereocenters. The Hall–Kier alpha value is -3.28. The number of fused-ring (bicyclic) bond motifs is 3. The van der Waals surface area contributed by atoms with Gasteiger partial charge in [0, 0.05) is 5.70 Å². The number of nitrogens with one attached hydrogen (secondary N) is 1. The average molecular weight is 349 g/mol. The Balaban J connectivity index is 1.97. The van der Waals surface area contributed by atoms with Gasteiger partial charge in [-0.05, 0) is 36.8 Å². The summed E-state index contributed by atoms with van der Waals surface area (Å²) < 4.78 is 12.4. The molecule has 0 saturated carbocycles. The monoisotopic (exact) mass is 349 g/mol. The normalized spacial score (nSPS) is 16.2. The number of benzene rings is 2. The minimum absolute atomic E-state index is 0.336. The van der Waals surface area contributed by atoms with E-state index in [9.17, 15) is 4.79 Å². The molecule has 6 nitrogen and oxygen atoms in total. The third-order valence-electron chi connectivity index (χ3n) is 4.67. The van der Waals surface area contributed by atoms with Gasteiger partial charge in [0.2, 0.25) is 5.95 Å². The zero-order valence-electron chi connectivity index (χ0n) is 14.8. The van der Waals surface area contributed by atoms with E-state index in [1.54, 1.807) is 7.11 Å². The van der Waals surface area contributed by atoms with Gasteiger partial charge >= 0.3 is 5.97 Å².